The first-order chi connectivity index (χ1) is 13.6. The number of piperidine rings is 1. The van der Waals surface area contributed by atoms with E-state index in [-0.39, 0.29) is 17.9 Å². The van der Waals surface area contributed by atoms with E-state index in [9.17, 15) is 9.32 Å². The molecule has 1 aromatic carbocycles. The van der Waals surface area contributed by atoms with E-state index in [2.05, 4.69) is 22.0 Å². The van der Waals surface area contributed by atoms with Crippen molar-refractivity contribution >= 4 is 28.3 Å². The summed E-state index contributed by atoms with van der Waals surface area (Å²) in [5, 5.41) is 10.5. The lowest BCUT2D eigenvalue weighted by Gasteiger charge is -2.45. The largest absolute Gasteiger partial charge is 0.396 e. The number of aliphatic hydroxyl groups excluding tert-OH is 1. The molecule has 2 aliphatic heterocycles. The quantitative estimate of drug-likeness (QED) is 0.830. The van der Waals surface area contributed by atoms with Gasteiger partial charge in [0.2, 0.25) is 5.95 Å². The second kappa shape index (κ2) is 7.08. The highest BCUT2D eigenvalue weighted by Crippen LogP contribution is 2.54. The Morgan fingerprint density at radius 2 is 1.96 bits per heavy atom. The van der Waals surface area contributed by atoms with Crippen LogP contribution in [0, 0.1) is 5.92 Å². The summed E-state index contributed by atoms with van der Waals surface area (Å²) in [6.45, 7) is 1.96. The van der Waals surface area contributed by atoms with Crippen LogP contribution >= 0.6 is 11.6 Å². The Kier molecular flexibility index (Phi) is 4.68. The van der Waals surface area contributed by atoms with E-state index in [1.165, 1.54) is 5.56 Å². The number of fused-ring (bicyclic) bond motifs is 2. The summed E-state index contributed by atoms with van der Waals surface area (Å²) in [5.41, 5.74) is 2.07. The van der Waals surface area contributed by atoms with Gasteiger partial charge in [0.05, 0.1) is 21.4 Å². The van der Waals surface area contributed by atoms with Gasteiger partial charge >= 0.3 is 0 Å². The predicted octanol–water partition coefficient (Wildman–Crippen LogP) is 3.28. The van der Waals surface area contributed by atoms with Crippen LogP contribution in [0.25, 0.3) is 0 Å². The van der Waals surface area contributed by atoms with Crippen LogP contribution in [0.2, 0.25) is 5.02 Å². The Bertz CT molecular complexity index is 912. The van der Waals surface area contributed by atoms with Crippen molar-refractivity contribution < 1.29 is 9.32 Å². The first-order valence-electron chi connectivity index (χ1n) is 9.98. The molecule has 1 N–H and O–H groups in total. The van der Waals surface area contributed by atoms with Gasteiger partial charge in [0.25, 0.3) is 0 Å². The van der Waals surface area contributed by atoms with Gasteiger partial charge in [-0.3, -0.25) is 4.21 Å². The Labute approximate surface area is 172 Å². The van der Waals surface area contributed by atoms with Gasteiger partial charge in [-0.2, -0.15) is 0 Å². The molecule has 3 atom stereocenters. The minimum atomic E-state index is -1.05. The van der Waals surface area contributed by atoms with Gasteiger partial charge in [-0.15, -0.1) is 0 Å². The van der Waals surface area contributed by atoms with E-state index in [0.29, 0.717) is 11.7 Å². The van der Waals surface area contributed by atoms with Crippen LogP contribution in [0.4, 0.5) is 5.95 Å². The Morgan fingerprint density at radius 1 is 1.21 bits per heavy atom. The maximum absolute atomic E-state index is 12.6. The molecule has 1 spiro atoms. The highest BCUT2D eigenvalue weighted by atomic mass is 35.5. The number of benzene rings is 1. The molecular formula is C21H24ClN3O2S. The van der Waals surface area contributed by atoms with E-state index in [4.69, 9.17) is 16.6 Å². The highest BCUT2D eigenvalue weighted by molar-refractivity contribution is 7.85. The molecule has 5 nitrogen and oxygen atoms in total. The summed E-state index contributed by atoms with van der Waals surface area (Å²) in [6.07, 6.45) is 5.82. The molecule has 2 fully saturated rings. The lowest BCUT2D eigenvalue weighted by molar-refractivity contribution is 0.0696. The SMILES string of the molecule is O=[S@@]1CC2(CCC2CO)c2nc(N3CCC(c4ccc(Cl)cc4)CC3)ncc21. The van der Waals surface area contributed by atoms with Crippen molar-refractivity contribution in [1.29, 1.82) is 0 Å². The predicted molar refractivity (Wildman–Crippen MR) is 110 cm³/mol. The fraction of sp³-hybridized carbons (Fsp3) is 0.524. The summed E-state index contributed by atoms with van der Waals surface area (Å²) in [4.78, 5) is 12.5. The molecule has 1 aromatic heterocycles. The average molecular weight is 418 g/mol. The zero-order valence-corrected chi connectivity index (χ0v) is 17.3. The molecule has 1 saturated heterocycles. The molecule has 28 heavy (non-hydrogen) atoms. The number of nitrogens with zero attached hydrogens (tertiary/aromatic N) is 3. The normalized spacial score (nSPS) is 29.7. The smallest absolute Gasteiger partial charge is 0.225 e. The number of anilines is 1. The average Bonchev–Trinajstić information content (AvgIpc) is 3.02. The first kappa shape index (κ1) is 18.5. The van der Waals surface area contributed by atoms with Crippen LogP contribution in [0.15, 0.2) is 35.4 Å². The van der Waals surface area contributed by atoms with Crippen molar-refractivity contribution in [3.05, 3.63) is 46.7 Å². The van der Waals surface area contributed by atoms with Crippen molar-refractivity contribution in [3.63, 3.8) is 0 Å². The minimum Gasteiger partial charge on any atom is -0.396 e. The van der Waals surface area contributed by atoms with Crippen molar-refractivity contribution in [2.45, 2.75) is 41.9 Å². The van der Waals surface area contributed by atoms with E-state index in [1.807, 2.05) is 12.1 Å². The number of hydrogen-bond acceptors (Lipinski definition) is 5. The topological polar surface area (TPSA) is 66.3 Å². The number of rotatable bonds is 3. The standard InChI is InChI=1S/C21H24ClN3O2S/c22-17-3-1-14(2-4-17)15-6-9-25(10-7-15)20-23-11-18-19(24-20)21(13-28(18)27)8-5-16(21)12-26/h1-4,11,15-16,26H,5-10,12-13H2/t16?,21?,28-/m1/s1. The van der Waals surface area contributed by atoms with E-state index >= 15 is 0 Å². The third-order valence-corrected chi connectivity index (χ3v) is 8.73. The molecular weight excluding hydrogens is 394 g/mol. The number of halogens is 1. The van der Waals surface area contributed by atoms with Crippen LogP contribution in [0.1, 0.15) is 42.9 Å². The third kappa shape index (κ3) is 2.88. The van der Waals surface area contributed by atoms with E-state index in [1.54, 1.807) is 6.20 Å². The molecule has 7 heteroatoms. The maximum atomic E-state index is 12.6. The molecule has 0 bridgehead atoms. The lowest BCUT2D eigenvalue weighted by Crippen LogP contribution is -2.48. The Hall–Kier alpha value is -1.50. The summed E-state index contributed by atoms with van der Waals surface area (Å²) in [7, 11) is -1.05. The van der Waals surface area contributed by atoms with Gasteiger partial charge in [0.1, 0.15) is 0 Å². The monoisotopic (exact) mass is 417 g/mol. The molecule has 1 saturated carbocycles. The molecule has 3 heterocycles. The van der Waals surface area contributed by atoms with Gasteiger partial charge in [-0.25, -0.2) is 9.97 Å². The van der Waals surface area contributed by atoms with Gasteiger partial charge in [0, 0.05) is 42.1 Å². The Balaban J connectivity index is 1.35. The zero-order valence-electron chi connectivity index (χ0n) is 15.7. The fourth-order valence-corrected chi connectivity index (χ4v) is 6.93. The second-order valence-corrected chi connectivity index (χ2v) is 10.1. The molecule has 2 unspecified atom stereocenters. The minimum absolute atomic E-state index is 0.141. The number of hydrogen-bond donors (Lipinski definition) is 1. The summed E-state index contributed by atoms with van der Waals surface area (Å²) in [6, 6.07) is 8.17. The van der Waals surface area contributed by atoms with E-state index in [0.717, 1.165) is 60.3 Å². The van der Waals surface area contributed by atoms with Crippen molar-refractivity contribution in [3.8, 4) is 0 Å². The van der Waals surface area contributed by atoms with Crippen molar-refractivity contribution in [2.24, 2.45) is 5.92 Å². The molecule has 2 aromatic rings. The number of aliphatic hydroxyl groups is 1. The van der Waals surface area contributed by atoms with Crippen LogP contribution < -0.4 is 4.90 Å². The van der Waals surface area contributed by atoms with Crippen molar-refractivity contribution in [1.82, 2.24) is 9.97 Å². The Morgan fingerprint density at radius 3 is 2.61 bits per heavy atom. The zero-order chi connectivity index (χ0) is 19.3. The van der Waals surface area contributed by atoms with Crippen molar-refractivity contribution in [2.75, 3.05) is 30.3 Å². The van der Waals surface area contributed by atoms with Crippen LogP contribution in [-0.2, 0) is 16.2 Å². The van der Waals surface area contributed by atoms with Crippen LogP contribution in [0.5, 0.6) is 0 Å². The summed E-state index contributed by atoms with van der Waals surface area (Å²) in [5.74, 6) is 2.04. The second-order valence-electron chi connectivity index (χ2n) is 8.26. The fourth-order valence-electron chi connectivity index (χ4n) is 5.03. The van der Waals surface area contributed by atoms with Gasteiger partial charge in [0.15, 0.2) is 0 Å². The van der Waals surface area contributed by atoms with Gasteiger partial charge < -0.3 is 10.0 Å². The summed E-state index contributed by atoms with van der Waals surface area (Å²) >= 11 is 6.01. The van der Waals surface area contributed by atoms with E-state index < -0.39 is 10.8 Å². The van der Waals surface area contributed by atoms with Crippen LogP contribution in [-0.4, -0.2) is 44.7 Å². The van der Waals surface area contributed by atoms with Gasteiger partial charge in [-0.05, 0) is 55.2 Å². The lowest BCUT2D eigenvalue weighted by atomic mass is 9.60. The van der Waals surface area contributed by atoms with Gasteiger partial charge in [-0.1, -0.05) is 23.7 Å². The van der Waals surface area contributed by atoms with Crippen LogP contribution in [0.3, 0.4) is 0 Å². The molecule has 0 amide bonds. The summed E-state index contributed by atoms with van der Waals surface area (Å²) < 4.78 is 12.6. The molecule has 148 valence electrons. The molecule has 3 aliphatic rings. The first-order valence-corrected chi connectivity index (χ1v) is 11.7. The molecule has 0 radical (unpaired) electrons. The molecule has 5 rings (SSSR count). The third-order valence-electron chi connectivity index (χ3n) is 6.91. The molecule has 1 aliphatic carbocycles. The number of aromatic nitrogens is 2. The maximum Gasteiger partial charge on any atom is 0.225 e. The highest BCUT2D eigenvalue weighted by Gasteiger charge is 2.55.